The number of thioether (sulfide) groups is 1. The molecule has 0 N–H and O–H groups in total. The zero-order valence-corrected chi connectivity index (χ0v) is 14.2. The maximum Gasteiger partial charge on any atom is 0.332 e. The summed E-state index contributed by atoms with van der Waals surface area (Å²) in [5.74, 6) is 0.756. The molecule has 0 aliphatic rings. The largest absolute Gasteiger partial charge is 0.381 e. The number of pyridine rings is 1. The lowest BCUT2D eigenvalue weighted by molar-refractivity contribution is 0.164. The topological polar surface area (TPSA) is 66.1 Å². The van der Waals surface area contributed by atoms with Gasteiger partial charge in [-0.25, -0.2) is 9.78 Å². The Bertz CT molecular complexity index is 795. The van der Waals surface area contributed by atoms with Gasteiger partial charge in [0.25, 0.3) is 5.56 Å². The van der Waals surface area contributed by atoms with Crippen molar-refractivity contribution in [3.63, 3.8) is 0 Å². The molecule has 0 bridgehead atoms. The quantitative estimate of drug-likeness (QED) is 0.592. The first-order chi connectivity index (χ1) is 10.5. The van der Waals surface area contributed by atoms with Gasteiger partial charge in [-0.15, -0.1) is 11.8 Å². The van der Waals surface area contributed by atoms with Crippen LogP contribution in [0.1, 0.15) is 19.4 Å². The zero-order valence-electron chi connectivity index (χ0n) is 13.4. The lowest BCUT2D eigenvalue weighted by atomic mass is 10.2. The summed E-state index contributed by atoms with van der Waals surface area (Å²) in [7, 11) is 3.13. The number of fused-ring (bicyclic) bond motifs is 1. The molecular weight excluding hydrogens is 302 g/mol. The van der Waals surface area contributed by atoms with Crippen molar-refractivity contribution in [1.29, 1.82) is 0 Å². The summed E-state index contributed by atoms with van der Waals surface area (Å²) in [6, 6.07) is 0. The molecule has 2 heterocycles. The summed E-state index contributed by atoms with van der Waals surface area (Å²) in [5.41, 5.74) is 0.799. The predicted molar refractivity (Wildman–Crippen MR) is 88.8 cm³/mol. The van der Waals surface area contributed by atoms with Crippen LogP contribution in [0.4, 0.5) is 0 Å². The Morgan fingerprint density at radius 2 is 1.95 bits per heavy atom. The highest BCUT2D eigenvalue weighted by Crippen LogP contribution is 2.28. The van der Waals surface area contributed by atoms with E-state index in [0.717, 1.165) is 27.2 Å². The number of ether oxygens (including phenoxy) is 1. The van der Waals surface area contributed by atoms with Crippen LogP contribution in [0.15, 0.2) is 20.7 Å². The van der Waals surface area contributed by atoms with Gasteiger partial charge in [0.05, 0.1) is 12.0 Å². The number of aryl methyl sites for hydroxylation is 2. The second-order valence-electron chi connectivity index (χ2n) is 4.92. The number of hydrogen-bond donors (Lipinski definition) is 0. The van der Waals surface area contributed by atoms with Gasteiger partial charge in [0.15, 0.2) is 0 Å². The van der Waals surface area contributed by atoms with Crippen LogP contribution < -0.4 is 11.2 Å². The van der Waals surface area contributed by atoms with Gasteiger partial charge in [-0.3, -0.25) is 13.9 Å². The summed E-state index contributed by atoms with van der Waals surface area (Å²) in [6.07, 6.45) is 2.54. The van der Waals surface area contributed by atoms with Gasteiger partial charge < -0.3 is 4.74 Å². The molecule has 22 heavy (non-hydrogen) atoms. The maximum absolute atomic E-state index is 12.5. The summed E-state index contributed by atoms with van der Waals surface area (Å²) in [5, 5.41) is 0.519. The molecule has 6 nitrogen and oxygen atoms in total. The third-order valence-corrected chi connectivity index (χ3v) is 4.68. The van der Waals surface area contributed by atoms with Crippen molar-refractivity contribution in [2.24, 2.45) is 14.1 Å². The third-order valence-electron chi connectivity index (χ3n) is 3.55. The van der Waals surface area contributed by atoms with Crippen molar-refractivity contribution in [2.75, 3.05) is 19.0 Å². The minimum Gasteiger partial charge on any atom is -0.381 e. The lowest BCUT2D eigenvalue weighted by Crippen LogP contribution is -2.37. The standard InChI is InChI=1S/C15H21N3O3S/c1-5-10-9-16-13-11(12(10)22-8-7-21-6-2)14(19)18(4)15(20)17(13)3/h9H,5-8H2,1-4H3. The first-order valence-corrected chi connectivity index (χ1v) is 8.29. The lowest BCUT2D eigenvalue weighted by Gasteiger charge is -2.13. The van der Waals surface area contributed by atoms with E-state index in [2.05, 4.69) is 4.98 Å². The summed E-state index contributed by atoms with van der Waals surface area (Å²) < 4.78 is 7.92. The Hall–Kier alpha value is -1.60. The number of rotatable bonds is 6. The second-order valence-corrected chi connectivity index (χ2v) is 6.02. The van der Waals surface area contributed by atoms with E-state index in [0.29, 0.717) is 24.2 Å². The Kier molecular flexibility index (Phi) is 5.42. The van der Waals surface area contributed by atoms with Crippen LogP contribution in [-0.2, 0) is 25.3 Å². The van der Waals surface area contributed by atoms with Gasteiger partial charge in [-0.2, -0.15) is 0 Å². The highest BCUT2D eigenvalue weighted by atomic mass is 32.2. The molecule has 0 radical (unpaired) electrons. The highest BCUT2D eigenvalue weighted by molar-refractivity contribution is 7.99. The highest BCUT2D eigenvalue weighted by Gasteiger charge is 2.16. The summed E-state index contributed by atoms with van der Waals surface area (Å²) in [4.78, 5) is 29.8. The molecule has 120 valence electrons. The van der Waals surface area contributed by atoms with E-state index in [4.69, 9.17) is 4.74 Å². The van der Waals surface area contributed by atoms with E-state index in [1.165, 1.54) is 11.6 Å². The molecule has 2 rings (SSSR count). The smallest absolute Gasteiger partial charge is 0.332 e. The summed E-state index contributed by atoms with van der Waals surface area (Å²) >= 11 is 1.58. The van der Waals surface area contributed by atoms with Crippen LogP contribution in [0, 0.1) is 0 Å². The van der Waals surface area contributed by atoms with E-state index >= 15 is 0 Å². The van der Waals surface area contributed by atoms with Crippen molar-refractivity contribution in [3.05, 3.63) is 32.6 Å². The number of nitrogens with zero attached hydrogens (tertiary/aromatic N) is 3. The van der Waals surface area contributed by atoms with E-state index in [1.54, 1.807) is 25.0 Å². The van der Waals surface area contributed by atoms with Crippen molar-refractivity contribution in [3.8, 4) is 0 Å². The maximum atomic E-state index is 12.5. The Morgan fingerprint density at radius 1 is 1.23 bits per heavy atom. The van der Waals surface area contributed by atoms with E-state index in [9.17, 15) is 9.59 Å². The molecule has 0 spiro atoms. The van der Waals surface area contributed by atoms with Gasteiger partial charge in [0.1, 0.15) is 5.65 Å². The molecule has 0 fully saturated rings. The van der Waals surface area contributed by atoms with Crippen molar-refractivity contribution in [2.45, 2.75) is 25.2 Å². The van der Waals surface area contributed by atoms with Crippen LogP contribution >= 0.6 is 11.8 Å². The molecule has 0 aliphatic heterocycles. The van der Waals surface area contributed by atoms with Gasteiger partial charge in [-0.05, 0) is 18.9 Å². The van der Waals surface area contributed by atoms with Crippen molar-refractivity contribution >= 4 is 22.8 Å². The Labute approximate surface area is 133 Å². The van der Waals surface area contributed by atoms with Crippen LogP contribution in [0.5, 0.6) is 0 Å². The van der Waals surface area contributed by atoms with Crippen molar-refractivity contribution < 1.29 is 4.74 Å². The molecule has 2 aromatic rings. The molecule has 0 saturated carbocycles. The Balaban J connectivity index is 2.65. The minimum atomic E-state index is -0.362. The molecule has 7 heteroatoms. The van der Waals surface area contributed by atoms with Gasteiger partial charge in [0, 0.05) is 37.5 Å². The summed E-state index contributed by atoms with van der Waals surface area (Å²) in [6.45, 7) is 5.28. The average Bonchev–Trinajstić information content (AvgIpc) is 2.54. The fraction of sp³-hybridized carbons (Fsp3) is 0.533. The van der Waals surface area contributed by atoms with Crippen LogP contribution in [0.3, 0.4) is 0 Å². The molecular formula is C15H21N3O3S. The minimum absolute atomic E-state index is 0.292. The Morgan fingerprint density at radius 3 is 2.59 bits per heavy atom. The first-order valence-electron chi connectivity index (χ1n) is 7.31. The average molecular weight is 323 g/mol. The second kappa shape index (κ2) is 7.11. The van der Waals surface area contributed by atoms with E-state index in [1.807, 2.05) is 13.8 Å². The third kappa shape index (κ3) is 2.96. The molecule has 0 saturated heterocycles. The molecule has 0 unspecified atom stereocenters. The van der Waals surface area contributed by atoms with Crippen LogP contribution in [0.2, 0.25) is 0 Å². The zero-order chi connectivity index (χ0) is 16.3. The van der Waals surface area contributed by atoms with Gasteiger partial charge in [-0.1, -0.05) is 6.92 Å². The fourth-order valence-corrected chi connectivity index (χ4v) is 3.42. The van der Waals surface area contributed by atoms with Crippen molar-refractivity contribution in [1.82, 2.24) is 14.1 Å². The molecule has 0 aliphatic carbocycles. The molecule has 2 aromatic heterocycles. The fourth-order valence-electron chi connectivity index (χ4n) is 2.31. The van der Waals surface area contributed by atoms with Gasteiger partial charge in [0.2, 0.25) is 0 Å². The van der Waals surface area contributed by atoms with Gasteiger partial charge >= 0.3 is 5.69 Å². The van der Waals surface area contributed by atoms with Crippen LogP contribution in [0.25, 0.3) is 11.0 Å². The number of aromatic nitrogens is 3. The predicted octanol–water partition coefficient (Wildman–Crippen LogP) is 1.32. The first kappa shape index (κ1) is 16.8. The van der Waals surface area contributed by atoms with E-state index in [-0.39, 0.29) is 11.2 Å². The SMILES string of the molecule is CCOCCSc1c(CC)cnc2c1c(=O)n(C)c(=O)n2C. The molecule has 0 aromatic carbocycles. The molecule has 0 atom stereocenters. The normalized spacial score (nSPS) is 11.3. The van der Waals surface area contributed by atoms with E-state index < -0.39 is 0 Å². The number of hydrogen-bond acceptors (Lipinski definition) is 5. The molecule has 0 amide bonds. The monoisotopic (exact) mass is 323 g/mol. The van der Waals surface area contributed by atoms with Crippen LogP contribution in [-0.4, -0.2) is 33.1 Å².